The average molecular weight is 273 g/mol. The maximum absolute atomic E-state index is 14.1. The molecule has 0 aliphatic heterocycles. The Kier molecular flexibility index (Phi) is 4.40. The molecule has 0 fully saturated rings. The molecule has 2 N–H and O–H groups in total. The first kappa shape index (κ1) is 14.5. The van der Waals surface area contributed by atoms with E-state index in [1.165, 1.54) is 7.11 Å². The molecule has 0 radical (unpaired) electrons. The highest BCUT2D eigenvalue weighted by atomic mass is 19.1. The van der Waals surface area contributed by atoms with Crippen LogP contribution >= 0.6 is 0 Å². The summed E-state index contributed by atoms with van der Waals surface area (Å²) in [6.45, 7) is 4.05. The summed E-state index contributed by atoms with van der Waals surface area (Å²) in [4.78, 5) is 0. The van der Waals surface area contributed by atoms with Crippen molar-refractivity contribution < 1.29 is 9.13 Å². The highest BCUT2D eigenvalue weighted by molar-refractivity contribution is 5.36. The number of ether oxygens (including phenoxy) is 1. The topological polar surface area (TPSA) is 35.2 Å². The van der Waals surface area contributed by atoms with Crippen LogP contribution in [0.4, 0.5) is 4.39 Å². The van der Waals surface area contributed by atoms with E-state index in [9.17, 15) is 4.39 Å². The second-order valence-corrected chi connectivity index (χ2v) is 5.10. The van der Waals surface area contributed by atoms with Crippen LogP contribution in [0, 0.1) is 19.7 Å². The van der Waals surface area contributed by atoms with Crippen molar-refractivity contribution in [2.75, 3.05) is 7.11 Å². The van der Waals surface area contributed by atoms with E-state index in [2.05, 4.69) is 12.1 Å². The summed E-state index contributed by atoms with van der Waals surface area (Å²) in [6.07, 6.45) is 0.452. The molecule has 0 aliphatic carbocycles. The van der Waals surface area contributed by atoms with Gasteiger partial charge in [0.05, 0.1) is 7.11 Å². The van der Waals surface area contributed by atoms with Crippen LogP contribution in [0.25, 0.3) is 0 Å². The van der Waals surface area contributed by atoms with E-state index >= 15 is 0 Å². The third-order valence-electron chi connectivity index (χ3n) is 3.54. The zero-order chi connectivity index (χ0) is 14.7. The van der Waals surface area contributed by atoms with Crippen LogP contribution in [-0.4, -0.2) is 7.11 Å². The smallest absolute Gasteiger partial charge is 0.168 e. The van der Waals surface area contributed by atoms with E-state index in [1.807, 2.05) is 19.9 Å². The number of benzene rings is 2. The molecule has 106 valence electrons. The Morgan fingerprint density at radius 2 is 1.95 bits per heavy atom. The Bertz CT molecular complexity index is 610. The van der Waals surface area contributed by atoms with Gasteiger partial charge in [0.25, 0.3) is 0 Å². The summed E-state index contributed by atoms with van der Waals surface area (Å²) >= 11 is 0. The van der Waals surface area contributed by atoms with Gasteiger partial charge in [0, 0.05) is 6.04 Å². The lowest BCUT2D eigenvalue weighted by molar-refractivity contribution is 0.383. The van der Waals surface area contributed by atoms with Gasteiger partial charge in [0.1, 0.15) is 0 Å². The minimum Gasteiger partial charge on any atom is -0.494 e. The monoisotopic (exact) mass is 273 g/mol. The fraction of sp³-hybridized carbons (Fsp3) is 0.294. The van der Waals surface area contributed by atoms with E-state index < -0.39 is 0 Å². The molecule has 0 saturated carbocycles. The quantitative estimate of drug-likeness (QED) is 0.922. The molecule has 2 rings (SSSR count). The van der Waals surface area contributed by atoms with Gasteiger partial charge in [0.15, 0.2) is 11.6 Å². The van der Waals surface area contributed by atoms with Crippen molar-refractivity contribution in [3.05, 3.63) is 64.5 Å². The second kappa shape index (κ2) is 6.06. The van der Waals surface area contributed by atoms with Gasteiger partial charge in [-0.05, 0) is 43.0 Å². The molecule has 0 saturated heterocycles. The Morgan fingerprint density at radius 3 is 2.65 bits per heavy atom. The lowest BCUT2D eigenvalue weighted by Gasteiger charge is -2.16. The van der Waals surface area contributed by atoms with Crippen LogP contribution in [0.3, 0.4) is 0 Å². The summed E-state index contributed by atoms with van der Waals surface area (Å²) in [5, 5.41) is 0. The molecule has 1 unspecified atom stereocenters. The molecule has 2 nitrogen and oxygen atoms in total. The molecule has 1 atom stereocenters. The van der Waals surface area contributed by atoms with Crippen molar-refractivity contribution in [1.82, 2.24) is 0 Å². The summed E-state index contributed by atoms with van der Waals surface area (Å²) < 4.78 is 19.1. The molecule has 0 aromatic heterocycles. The standard InChI is InChI=1S/C17H20FNO/c1-11-7-8-12(2)14(9-11)15(19)10-13-5-4-6-16(20-3)17(13)18/h4-9,15H,10,19H2,1-3H3. The predicted molar refractivity (Wildman–Crippen MR) is 79.5 cm³/mol. The second-order valence-electron chi connectivity index (χ2n) is 5.10. The van der Waals surface area contributed by atoms with Crippen molar-refractivity contribution in [3.8, 4) is 5.75 Å². The molecule has 0 aliphatic rings. The fourth-order valence-corrected chi connectivity index (χ4v) is 2.38. The fourth-order valence-electron chi connectivity index (χ4n) is 2.38. The van der Waals surface area contributed by atoms with Crippen molar-refractivity contribution in [2.45, 2.75) is 26.3 Å². The van der Waals surface area contributed by atoms with Gasteiger partial charge in [-0.25, -0.2) is 4.39 Å². The number of hydrogen-bond donors (Lipinski definition) is 1. The first-order chi connectivity index (χ1) is 9.52. The van der Waals surface area contributed by atoms with E-state index in [4.69, 9.17) is 10.5 Å². The number of rotatable bonds is 4. The predicted octanol–water partition coefficient (Wildman–Crippen LogP) is 3.69. The van der Waals surface area contributed by atoms with E-state index in [1.54, 1.807) is 18.2 Å². The third kappa shape index (κ3) is 2.99. The molecular weight excluding hydrogens is 253 g/mol. The molecule has 0 heterocycles. The summed E-state index contributed by atoms with van der Waals surface area (Å²) in [6, 6.07) is 11.1. The minimum atomic E-state index is -0.323. The molecule has 0 amide bonds. The SMILES string of the molecule is COc1cccc(CC(N)c2cc(C)ccc2C)c1F. The zero-order valence-electron chi connectivity index (χ0n) is 12.1. The molecule has 20 heavy (non-hydrogen) atoms. The third-order valence-corrected chi connectivity index (χ3v) is 3.54. The van der Waals surface area contributed by atoms with Crippen LogP contribution in [0.2, 0.25) is 0 Å². The lowest BCUT2D eigenvalue weighted by atomic mass is 9.94. The highest BCUT2D eigenvalue weighted by Gasteiger charge is 2.15. The average Bonchev–Trinajstić information content (AvgIpc) is 2.43. The first-order valence-electron chi connectivity index (χ1n) is 6.67. The van der Waals surface area contributed by atoms with E-state index in [0.29, 0.717) is 12.0 Å². The Labute approximate surface area is 119 Å². The van der Waals surface area contributed by atoms with Crippen LogP contribution in [0.1, 0.15) is 28.3 Å². The van der Waals surface area contributed by atoms with Gasteiger partial charge < -0.3 is 10.5 Å². The molecular formula is C17H20FNO. The number of aryl methyl sites for hydroxylation is 2. The van der Waals surface area contributed by atoms with Crippen molar-refractivity contribution in [3.63, 3.8) is 0 Å². The largest absolute Gasteiger partial charge is 0.494 e. The summed E-state index contributed by atoms with van der Waals surface area (Å²) in [5.41, 5.74) is 10.2. The van der Waals surface area contributed by atoms with Gasteiger partial charge in [-0.1, -0.05) is 35.9 Å². The van der Waals surface area contributed by atoms with Gasteiger partial charge >= 0.3 is 0 Å². The van der Waals surface area contributed by atoms with Crippen molar-refractivity contribution >= 4 is 0 Å². The molecule has 0 bridgehead atoms. The summed E-state index contributed by atoms with van der Waals surface area (Å²) in [7, 11) is 1.47. The van der Waals surface area contributed by atoms with Crippen molar-refractivity contribution in [1.29, 1.82) is 0 Å². The van der Waals surface area contributed by atoms with Crippen LogP contribution in [-0.2, 0) is 6.42 Å². The van der Waals surface area contributed by atoms with Gasteiger partial charge in [-0.15, -0.1) is 0 Å². The molecule has 3 heteroatoms. The molecule has 0 spiro atoms. The Hall–Kier alpha value is -1.87. The number of nitrogens with two attached hydrogens (primary N) is 1. The van der Waals surface area contributed by atoms with E-state index in [0.717, 1.165) is 16.7 Å². The van der Waals surface area contributed by atoms with Crippen LogP contribution in [0.15, 0.2) is 36.4 Å². The first-order valence-corrected chi connectivity index (χ1v) is 6.67. The normalized spacial score (nSPS) is 12.2. The number of methoxy groups -OCH3 is 1. The Morgan fingerprint density at radius 1 is 1.20 bits per heavy atom. The summed E-state index contributed by atoms with van der Waals surface area (Å²) in [5.74, 6) is -0.0635. The highest BCUT2D eigenvalue weighted by Crippen LogP contribution is 2.25. The zero-order valence-corrected chi connectivity index (χ0v) is 12.1. The van der Waals surface area contributed by atoms with Gasteiger partial charge in [0.2, 0.25) is 0 Å². The van der Waals surface area contributed by atoms with Crippen molar-refractivity contribution in [2.24, 2.45) is 5.73 Å². The lowest BCUT2D eigenvalue weighted by Crippen LogP contribution is -2.15. The molecule has 2 aromatic carbocycles. The van der Waals surface area contributed by atoms with E-state index in [-0.39, 0.29) is 17.6 Å². The maximum atomic E-state index is 14.1. The van der Waals surface area contributed by atoms with Gasteiger partial charge in [-0.2, -0.15) is 0 Å². The number of hydrogen-bond acceptors (Lipinski definition) is 2. The maximum Gasteiger partial charge on any atom is 0.168 e. The Balaban J connectivity index is 2.28. The van der Waals surface area contributed by atoms with Crippen LogP contribution in [0.5, 0.6) is 5.75 Å². The van der Waals surface area contributed by atoms with Gasteiger partial charge in [-0.3, -0.25) is 0 Å². The minimum absolute atomic E-state index is 0.225. The molecule has 2 aromatic rings. The van der Waals surface area contributed by atoms with Crippen LogP contribution < -0.4 is 10.5 Å². The number of halogens is 1.